The first-order valence-corrected chi connectivity index (χ1v) is 9.29. The maximum Gasteiger partial charge on any atom is 0.508 e. The van der Waals surface area contributed by atoms with Gasteiger partial charge < -0.3 is 19.1 Å². The second-order valence-electron chi connectivity index (χ2n) is 7.22. The minimum Gasteiger partial charge on any atom is -0.497 e. The summed E-state index contributed by atoms with van der Waals surface area (Å²) < 4.78 is 16.5. The second kappa shape index (κ2) is 7.65. The lowest BCUT2D eigenvalue weighted by Crippen LogP contribution is -2.49. The maximum absolute atomic E-state index is 12.2. The van der Waals surface area contributed by atoms with Gasteiger partial charge in [0.1, 0.15) is 11.4 Å². The molecule has 1 aromatic rings. The van der Waals surface area contributed by atoms with Crippen LogP contribution in [0.15, 0.2) is 18.2 Å². The van der Waals surface area contributed by atoms with Gasteiger partial charge in [0.05, 0.1) is 13.7 Å². The first-order chi connectivity index (χ1) is 12.1. The van der Waals surface area contributed by atoms with E-state index in [4.69, 9.17) is 14.2 Å². The molecule has 1 aliphatic carbocycles. The zero-order chi connectivity index (χ0) is 17.9. The Labute approximate surface area is 150 Å². The summed E-state index contributed by atoms with van der Waals surface area (Å²) in [6.45, 7) is 3.93. The number of carbonyl (C=O) groups excluding carboxylic acids is 1. The minimum atomic E-state index is -0.535. The monoisotopic (exact) mass is 347 g/mol. The van der Waals surface area contributed by atoms with E-state index >= 15 is 0 Å². The Balaban J connectivity index is 1.97. The number of carbonyl (C=O) groups is 1. The van der Waals surface area contributed by atoms with Crippen LogP contribution >= 0.6 is 0 Å². The molecule has 1 unspecified atom stereocenters. The third kappa shape index (κ3) is 3.76. The van der Waals surface area contributed by atoms with Crippen molar-refractivity contribution in [2.45, 2.75) is 57.1 Å². The van der Waals surface area contributed by atoms with Crippen LogP contribution in [-0.4, -0.2) is 44.0 Å². The van der Waals surface area contributed by atoms with Crippen LogP contribution in [-0.2, 0) is 16.0 Å². The first kappa shape index (κ1) is 18.1. The van der Waals surface area contributed by atoms with Crippen molar-refractivity contribution < 1.29 is 19.0 Å². The Bertz CT molecular complexity index is 610. The molecule has 1 aliphatic heterocycles. The van der Waals surface area contributed by atoms with E-state index in [1.807, 2.05) is 13.0 Å². The smallest absolute Gasteiger partial charge is 0.497 e. The highest BCUT2D eigenvalue weighted by Gasteiger charge is 2.47. The molecule has 0 radical (unpaired) electrons. The van der Waals surface area contributed by atoms with Crippen molar-refractivity contribution in [2.24, 2.45) is 0 Å². The van der Waals surface area contributed by atoms with Crippen LogP contribution < -0.4 is 4.74 Å². The van der Waals surface area contributed by atoms with Gasteiger partial charge in [0.2, 0.25) is 0 Å². The summed E-state index contributed by atoms with van der Waals surface area (Å²) in [5, 5.41) is 0. The molecule has 0 N–H and O–H groups in total. The van der Waals surface area contributed by atoms with E-state index in [9.17, 15) is 4.79 Å². The fourth-order valence-corrected chi connectivity index (χ4v) is 4.39. The molecule has 0 amide bonds. The van der Waals surface area contributed by atoms with Gasteiger partial charge in [0.25, 0.3) is 0 Å². The summed E-state index contributed by atoms with van der Waals surface area (Å²) >= 11 is 0. The Morgan fingerprint density at radius 2 is 2.04 bits per heavy atom. The average molecular weight is 347 g/mol. The van der Waals surface area contributed by atoms with Crippen LogP contribution in [0.2, 0.25) is 0 Å². The molecule has 3 rings (SSSR count). The largest absolute Gasteiger partial charge is 0.508 e. The molecular weight excluding hydrogens is 318 g/mol. The standard InChI is InChI=1S/C20H29NO4/c1-4-24-19(22)25-20(10-6-5-7-11-20)18-14-21(2)13-15-12-16(23-3)8-9-17(15)18/h8-9,12,18H,4-7,10-11,13-14H2,1-3H3. The molecule has 1 atom stereocenters. The number of rotatable bonds is 4. The number of likely N-dealkylation sites (N-methyl/N-ethyl adjacent to an activating group) is 1. The van der Waals surface area contributed by atoms with Gasteiger partial charge in [0, 0.05) is 19.0 Å². The van der Waals surface area contributed by atoms with Crippen molar-refractivity contribution in [1.82, 2.24) is 4.90 Å². The first-order valence-electron chi connectivity index (χ1n) is 9.29. The number of methoxy groups -OCH3 is 1. The molecule has 1 fully saturated rings. The maximum atomic E-state index is 12.2. The van der Waals surface area contributed by atoms with Crippen molar-refractivity contribution in [3.63, 3.8) is 0 Å². The number of benzene rings is 1. The molecule has 138 valence electrons. The number of nitrogens with zero attached hydrogens (tertiary/aromatic N) is 1. The van der Waals surface area contributed by atoms with Gasteiger partial charge in [-0.3, -0.25) is 0 Å². The summed E-state index contributed by atoms with van der Waals surface area (Å²) in [5.74, 6) is 1.04. The Morgan fingerprint density at radius 1 is 1.28 bits per heavy atom. The van der Waals surface area contributed by atoms with Crippen LogP contribution in [0, 0.1) is 0 Å². The van der Waals surface area contributed by atoms with E-state index in [1.54, 1.807) is 7.11 Å². The number of ether oxygens (including phenoxy) is 3. The lowest BCUT2D eigenvalue weighted by molar-refractivity contribution is -0.0762. The highest BCUT2D eigenvalue weighted by Crippen LogP contribution is 2.46. The van der Waals surface area contributed by atoms with Crippen molar-refractivity contribution in [3.8, 4) is 5.75 Å². The third-order valence-electron chi connectivity index (χ3n) is 5.54. The van der Waals surface area contributed by atoms with Gasteiger partial charge in [-0.2, -0.15) is 0 Å². The Morgan fingerprint density at radius 3 is 2.72 bits per heavy atom. The number of fused-ring (bicyclic) bond motifs is 1. The molecule has 5 heteroatoms. The van der Waals surface area contributed by atoms with Gasteiger partial charge in [-0.15, -0.1) is 0 Å². The quantitative estimate of drug-likeness (QED) is 0.768. The molecule has 0 saturated heterocycles. The molecule has 5 nitrogen and oxygen atoms in total. The van der Waals surface area contributed by atoms with E-state index in [1.165, 1.54) is 17.5 Å². The van der Waals surface area contributed by atoms with Crippen LogP contribution in [0.5, 0.6) is 5.75 Å². The third-order valence-corrected chi connectivity index (χ3v) is 5.54. The number of hydrogen-bond donors (Lipinski definition) is 0. The summed E-state index contributed by atoms with van der Waals surface area (Å²) in [6.07, 6.45) is 4.64. The highest BCUT2D eigenvalue weighted by atomic mass is 16.7. The number of hydrogen-bond acceptors (Lipinski definition) is 5. The highest BCUT2D eigenvalue weighted by molar-refractivity contribution is 5.61. The second-order valence-corrected chi connectivity index (χ2v) is 7.22. The molecule has 0 bridgehead atoms. The summed E-state index contributed by atoms with van der Waals surface area (Å²) in [7, 11) is 3.81. The summed E-state index contributed by atoms with van der Waals surface area (Å²) in [5.41, 5.74) is 2.07. The molecular formula is C20H29NO4. The van der Waals surface area contributed by atoms with Crippen molar-refractivity contribution >= 4 is 6.16 Å². The normalized spacial score (nSPS) is 22.8. The van der Waals surface area contributed by atoms with Gasteiger partial charge >= 0.3 is 6.16 Å². The topological polar surface area (TPSA) is 48.0 Å². The molecule has 0 spiro atoms. The predicted molar refractivity (Wildman–Crippen MR) is 96.0 cm³/mol. The van der Waals surface area contributed by atoms with Crippen LogP contribution in [0.1, 0.15) is 56.1 Å². The predicted octanol–water partition coefficient (Wildman–Crippen LogP) is 4.10. The Hall–Kier alpha value is -1.75. The molecule has 1 saturated carbocycles. The van der Waals surface area contributed by atoms with Gasteiger partial charge in [0.15, 0.2) is 0 Å². The molecule has 1 aromatic carbocycles. The summed E-state index contributed by atoms with van der Waals surface area (Å²) in [6, 6.07) is 6.27. The van der Waals surface area contributed by atoms with E-state index < -0.39 is 11.8 Å². The van der Waals surface area contributed by atoms with E-state index in [-0.39, 0.29) is 5.92 Å². The van der Waals surface area contributed by atoms with Crippen molar-refractivity contribution in [3.05, 3.63) is 29.3 Å². The van der Waals surface area contributed by atoms with Gasteiger partial charge in [-0.05, 0) is 62.9 Å². The van der Waals surface area contributed by atoms with Crippen molar-refractivity contribution in [1.29, 1.82) is 0 Å². The van der Waals surface area contributed by atoms with E-state index in [0.717, 1.165) is 44.5 Å². The van der Waals surface area contributed by atoms with Gasteiger partial charge in [-0.25, -0.2) is 4.79 Å². The van der Waals surface area contributed by atoms with Crippen molar-refractivity contribution in [2.75, 3.05) is 27.3 Å². The molecule has 25 heavy (non-hydrogen) atoms. The average Bonchev–Trinajstić information content (AvgIpc) is 2.61. The lowest BCUT2D eigenvalue weighted by atomic mass is 9.70. The van der Waals surface area contributed by atoms with Crippen LogP contribution in [0.3, 0.4) is 0 Å². The fraction of sp³-hybridized carbons (Fsp3) is 0.650. The van der Waals surface area contributed by atoms with Crippen LogP contribution in [0.25, 0.3) is 0 Å². The SMILES string of the molecule is CCOC(=O)OC1(C2CN(C)Cc3cc(OC)ccc32)CCCCC1. The Kier molecular flexibility index (Phi) is 5.52. The molecule has 1 heterocycles. The lowest BCUT2D eigenvalue weighted by Gasteiger charge is -2.46. The fourth-order valence-electron chi connectivity index (χ4n) is 4.39. The molecule has 0 aromatic heterocycles. The van der Waals surface area contributed by atoms with Crippen LogP contribution in [0.4, 0.5) is 4.79 Å². The minimum absolute atomic E-state index is 0.164. The zero-order valence-electron chi connectivity index (χ0n) is 15.5. The van der Waals surface area contributed by atoms with E-state index in [2.05, 4.69) is 24.1 Å². The van der Waals surface area contributed by atoms with Gasteiger partial charge in [-0.1, -0.05) is 12.5 Å². The summed E-state index contributed by atoms with van der Waals surface area (Å²) in [4.78, 5) is 14.5. The molecule has 2 aliphatic rings. The van der Waals surface area contributed by atoms with E-state index in [0.29, 0.717) is 6.61 Å². The zero-order valence-corrected chi connectivity index (χ0v) is 15.5.